The fourth-order valence-electron chi connectivity index (χ4n) is 5.46. The van der Waals surface area contributed by atoms with Crippen molar-refractivity contribution >= 4 is 24.2 Å². The van der Waals surface area contributed by atoms with Crippen LogP contribution in [0.15, 0.2) is 0 Å². The molecule has 2 aliphatic carbocycles. The largest absolute Gasteiger partial charge is 0.447 e. The molecule has 0 unspecified atom stereocenters. The molecule has 266 valence electrons. The van der Waals surface area contributed by atoms with E-state index in [1.165, 1.54) is 12.8 Å². The lowest BCUT2D eigenvalue weighted by molar-refractivity contribution is 0.0723. The Kier molecular flexibility index (Phi) is 23.1. The van der Waals surface area contributed by atoms with Crippen molar-refractivity contribution in [1.82, 2.24) is 31.9 Å². The molecule has 0 bridgehead atoms. The first-order valence-corrected chi connectivity index (χ1v) is 17.6. The Morgan fingerprint density at radius 1 is 0.435 bits per heavy atom. The second kappa shape index (κ2) is 27.1. The lowest BCUT2D eigenvalue weighted by Gasteiger charge is -2.22. The van der Waals surface area contributed by atoms with Crippen LogP contribution in [0.4, 0.5) is 19.2 Å². The fourth-order valence-corrected chi connectivity index (χ4v) is 5.46. The van der Waals surface area contributed by atoms with Crippen LogP contribution in [-0.2, 0) is 18.9 Å². The Balaban J connectivity index is 1.24. The van der Waals surface area contributed by atoms with E-state index in [0.717, 1.165) is 89.9 Å². The number of urea groups is 2. The number of rotatable bonds is 23. The number of hydrogen-bond donors (Lipinski definition) is 6. The molecule has 0 heterocycles. The van der Waals surface area contributed by atoms with Crippen LogP contribution in [0.1, 0.15) is 103 Å². The maximum absolute atomic E-state index is 11.9. The van der Waals surface area contributed by atoms with Crippen molar-refractivity contribution in [2.45, 2.75) is 115 Å². The number of nitrogens with one attached hydrogen (secondary N) is 6. The van der Waals surface area contributed by atoms with Crippen LogP contribution < -0.4 is 31.9 Å². The van der Waals surface area contributed by atoms with E-state index in [-0.39, 0.29) is 49.5 Å². The van der Waals surface area contributed by atoms with Gasteiger partial charge in [0.05, 0.1) is 26.4 Å². The number of hydrogen-bond acceptors (Lipinski definition) is 8. The first kappa shape index (κ1) is 39.2. The number of carbonyl (C=O) groups excluding carboxylic acids is 4. The van der Waals surface area contributed by atoms with E-state index in [0.29, 0.717) is 52.6 Å². The third-order valence-electron chi connectivity index (χ3n) is 8.01. The highest BCUT2D eigenvalue weighted by Crippen LogP contribution is 2.18. The molecule has 2 aliphatic rings. The van der Waals surface area contributed by atoms with Gasteiger partial charge in [0, 0.05) is 38.3 Å². The molecule has 6 N–H and O–H groups in total. The maximum atomic E-state index is 11.9. The Labute approximate surface area is 274 Å². The zero-order valence-electron chi connectivity index (χ0n) is 27.8. The predicted octanol–water partition coefficient (Wildman–Crippen LogP) is 4.08. The average molecular weight is 657 g/mol. The van der Waals surface area contributed by atoms with E-state index in [4.69, 9.17) is 18.9 Å². The van der Waals surface area contributed by atoms with Gasteiger partial charge in [-0.25, -0.2) is 19.2 Å². The van der Waals surface area contributed by atoms with E-state index in [1.54, 1.807) is 0 Å². The molecule has 0 spiro atoms. The van der Waals surface area contributed by atoms with Crippen molar-refractivity contribution < 1.29 is 38.1 Å². The van der Waals surface area contributed by atoms with Gasteiger partial charge >= 0.3 is 24.2 Å². The molecule has 0 saturated heterocycles. The monoisotopic (exact) mass is 656 g/mol. The summed E-state index contributed by atoms with van der Waals surface area (Å²) >= 11 is 0. The third-order valence-corrected chi connectivity index (χ3v) is 8.01. The maximum Gasteiger partial charge on any atom is 0.407 e. The molecule has 0 radical (unpaired) electrons. The molecule has 2 rings (SSSR count). The predicted molar refractivity (Wildman–Crippen MR) is 175 cm³/mol. The van der Waals surface area contributed by atoms with Crippen LogP contribution in [0, 0.1) is 0 Å². The first-order valence-electron chi connectivity index (χ1n) is 17.6. The van der Waals surface area contributed by atoms with Gasteiger partial charge < -0.3 is 50.8 Å². The number of amides is 6. The van der Waals surface area contributed by atoms with E-state index < -0.39 is 0 Å². The van der Waals surface area contributed by atoms with Crippen molar-refractivity contribution in [2.24, 2.45) is 0 Å². The lowest BCUT2D eigenvalue weighted by atomic mass is 9.96. The molecule has 46 heavy (non-hydrogen) atoms. The molecule has 0 atom stereocenters. The van der Waals surface area contributed by atoms with Crippen LogP contribution in [-0.4, -0.2) is 102 Å². The molecule has 0 aromatic carbocycles. The van der Waals surface area contributed by atoms with E-state index >= 15 is 0 Å². The van der Waals surface area contributed by atoms with Gasteiger partial charge in [-0.2, -0.15) is 0 Å². The highest BCUT2D eigenvalue weighted by Gasteiger charge is 2.17. The zero-order chi connectivity index (χ0) is 32.9. The standard InChI is InChI=1S/C32H60N6O8/c39-29(35-19-21-43-23-25-45-31(41)37-27-13-7-5-8-14-27)33-17-11-3-1-2-4-12-18-34-30(40)36-20-22-44-24-26-46-32(42)38-28-15-9-6-10-16-28/h27-28H,1-26H2,(H,37,41)(H,38,42)(H2,33,35,39)(H2,34,36,40). The molecule has 14 heteroatoms. The first-order chi connectivity index (χ1) is 22.5. The summed E-state index contributed by atoms with van der Waals surface area (Å²) in [6, 6.07) is 0.0177. The molecule has 0 aliphatic heterocycles. The molecular formula is C32H60N6O8. The van der Waals surface area contributed by atoms with Crippen LogP contribution in [0.25, 0.3) is 0 Å². The SMILES string of the molecule is O=C(NCCCCCCCCNC(=O)NCCOCCOC(=O)NC1CCCCC1)NCCOCCOC(=O)NC1CCCCC1. The van der Waals surface area contributed by atoms with Crippen LogP contribution in [0.5, 0.6) is 0 Å². The summed E-state index contributed by atoms with van der Waals surface area (Å²) in [4.78, 5) is 47.2. The Morgan fingerprint density at radius 2 is 0.804 bits per heavy atom. The Morgan fingerprint density at radius 3 is 1.22 bits per heavy atom. The minimum atomic E-state index is -0.389. The van der Waals surface area contributed by atoms with Crippen molar-refractivity contribution in [3.05, 3.63) is 0 Å². The molecule has 2 saturated carbocycles. The number of alkyl carbamates (subject to hydrolysis) is 2. The second-order valence-electron chi connectivity index (χ2n) is 11.9. The number of carbonyl (C=O) groups is 4. The second-order valence-corrected chi connectivity index (χ2v) is 11.9. The van der Waals surface area contributed by atoms with Gasteiger partial charge in [-0.05, 0) is 38.5 Å². The van der Waals surface area contributed by atoms with Gasteiger partial charge in [-0.15, -0.1) is 0 Å². The Bertz CT molecular complexity index is 758. The topological polar surface area (TPSA) is 177 Å². The smallest absolute Gasteiger partial charge is 0.407 e. The lowest BCUT2D eigenvalue weighted by Crippen LogP contribution is -2.38. The number of unbranched alkanes of at least 4 members (excludes halogenated alkanes) is 5. The quantitative estimate of drug-likeness (QED) is 0.0892. The summed E-state index contributed by atoms with van der Waals surface area (Å²) in [5, 5.41) is 17.0. The van der Waals surface area contributed by atoms with Gasteiger partial charge in [0.25, 0.3) is 0 Å². The van der Waals surface area contributed by atoms with Gasteiger partial charge in [0.1, 0.15) is 13.2 Å². The minimum absolute atomic E-state index is 0.189. The minimum Gasteiger partial charge on any atom is -0.447 e. The molecule has 0 aromatic rings. The normalized spacial score (nSPS) is 15.4. The summed E-state index contributed by atoms with van der Waals surface area (Å²) in [6.45, 7) is 3.67. The van der Waals surface area contributed by atoms with Gasteiger partial charge in [0.15, 0.2) is 0 Å². The third kappa shape index (κ3) is 22.5. The van der Waals surface area contributed by atoms with Crippen LogP contribution in [0.3, 0.4) is 0 Å². The van der Waals surface area contributed by atoms with Crippen molar-refractivity contribution in [2.75, 3.05) is 65.8 Å². The van der Waals surface area contributed by atoms with E-state index in [2.05, 4.69) is 31.9 Å². The molecule has 14 nitrogen and oxygen atoms in total. The summed E-state index contributed by atoms with van der Waals surface area (Å²) in [7, 11) is 0. The van der Waals surface area contributed by atoms with Crippen molar-refractivity contribution in [1.29, 1.82) is 0 Å². The van der Waals surface area contributed by atoms with E-state index in [9.17, 15) is 19.2 Å². The Hall–Kier alpha value is -3.00. The summed E-state index contributed by atoms with van der Waals surface area (Å²) in [5.41, 5.74) is 0. The fraction of sp³-hybridized carbons (Fsp3) is 0.875. The van der Waals surface area contributed by atoms with Crippen LogP contribution >= 0.6 is 0 Å². The van der Waals surface area contributed by atoms with Gasteiger partial charge in [-0.3, -0.25) is 0 Å². The van der Waals surface area contributed by atoms with E-state index in [1.807, 2.05) is 0 Å². The molecule has 0 aromatic heterocycles. The van der Waals surface area contributed by atoms with Gasteiger partial charge in [-0.1, -0.05) is 64.2 Å². The molecule has 2 fully saturated rings. The zero-order valence-corrected chi connectivity index (χ0v) is 27.8. The molecular weight excluding hydrogens is 596 g/mol. The van der Waals surface area contributed by atoms with Crippen molar-refractivity contribution in [3.8, 4) is 0 Å². The number of ether oxygens (including phenoxy) is 4. The molecule has 6 amide bonds. The van der Waals surface area contributed by atoms with Crippen LogP contribution in [0.2, 0.25) is 0 Å². The highest BCUT2D eigenvalue weighted by molar-refractivity contribution is 5.74. The average Bonchev–Trinajstić information content (AvgIpc) is 3.05. The summed E-state index contributed by atoms with van der Waals surface area (Å²) in [5.74, 6) is 0. The van der Waals surface area contributed by atoms with Gasteiger partial charge in [0.2, 0.25) is 0 Å². The van der Waals surface area contributed by atoms with Crippen molar-refractivity contribution in [3.63, 3.8) is 0 Å². The summed E-state index contributed by atoms with van der Waals surface area (Å²) in [6.07, 6.45) is 16.4. The highest BCUT2D eigenvalue weighted by atomic mass is 16.6. The summed E-state index contributed by atoms with van der Waals surface area (Å²) < 4.78 is 21.1.